The van der Waals surface area contributed by atoms with Crippen LogP contribution in [0.4, 0.5) is 0 Å². The van der Waals surface area contributed by atoms with E-state index >= 15 is 0 Å². The second-order valence-electron chi connectivity index (χ2n) is 0.402. The molecule has 2 nitrogen and oxygen atoms in total. The van der Waals surface area contributed by atoms with Crippen LogP contribution < -0.4 is 53.4 Å². The molecular formula is CH4ClN2NaS. The SMILES string of the molecule is NC(N)=S.[Cl-].[Na+]. The fourth-order valence-corrected chi connectivity index (χ4v) is 0. The van der Waals surface area contributed by atoms with E-state index in [2.05, 4.69) is 23.7 Å². The zero-order valence-electron chi connectivity index (χ0n) is 3.44. The molecule has 0 aromatic rings. The molecule has 0 aliphatic carbocycles. The van der Waals surface area contributed by atoms with Gasteiger partial charge in [0.15, 0.2) is 5.11 Å². The van der Waals surface area contributed by atoms with Crippen LogP contribution in [-0.2, 0) is 0 Å². The van der Waals surface area contributed by atoms with Gasteiger partial charge in [0, 0.05) is 0 Å². The summed E-state index contributed by atoms with van der Waals surface area (Å²) in [4.78, 5) is 0. The fraction of sp³-hybridized carbons (Fsp3) is 0. The first-order valence-corrected chi connectivity index (χ1v) is 1.19. The van der Waals surface area contributed by atoms with Crippen molar-refractivity contribution in [3.05, 3.63) is 0 Å². The van der Waals surface area contributed by atoms with E-state index in [1.165, 1.54) is 0 Å². The maximum absolute atomic E-state index is 4.62. The third kappa shape index (κ3) is 82.1. The summed E-state index contributed by atoms with van der Waals surface area (Å²) in [7, 11) is 0. The van der Waals surface area contributed by atoms with Crippen LogP contribution in [0.25, 0.3) is 0 Å². The zero-order valence-corrected chi connectivity index (χ0v) is 7.01. The molecule has 0 fully saturated rings. The van der Waals surface area contributed by atoms with Crippen molar-refractivity contribution >= 4 is 17.3 Å². The molecule has 0 aliphatic heterocycles. The van der Waals surface area contributed by atoms with Gasteiger partial charge in [0.2, 0.25) is 0 Å². The van der Waals surface area contributed by atoms with Gasteiger partial charge in [0.25, 0.3) is 0 Å². The summed E-state index contributed by atoms with van der Waals surface area (Å²) < 4.78 is 0. The number of hydrogen-bond acceptors (Lipinski definition) is 1. The van der Waals surface area contributed by atoms with E-state index in [0.717, 1.165) is 0 Å². The minimum atomic E-state index is 0. The predicted molar refractivity (Wildman–Crippen MR) is 21.0 cm³/mol. The van der Waals surface area contributed by atoms with Crippen molar-refractivity contribution in [2.45, 2.75) is 0 Å². The van der Waals surface area contributed by atoms with Gasteiger partial charge in [-0.2, -0.15) is 0 Å². The molecule has 0 amide bonds. The van der Waals surface area contributed by atoms with Crippen LogP contribution in [0.1, 0.15) is 0 Å². The molecule has 0 aromatic heterocycles. The summed E-state index contributed by atoms with van der Waals surface area (Å²) in [5.74, 6) is 0. The number of thiocarbonyl (C=S) groups is 1. The minimum absolute atomic E-state index is 0. The molecule has 0 saturated heterocycles. The number of hydrogen-bond donors (Lipinski definition) is 2. The smallest absolute Gasteiger partial charge is 1.00 e. The Balaban J connectivity index is -0.0000000450. The Hall–Kier alpha value is 0.980. The van der Waals surface area contributed by atoms with Crippen molar-refractivity contribution in [3.63, 3.8) is 0 Å². The molecule has 6 heavy (non-hydrogen) atoms. The van der Waals surface area contributed by atoms with Crippen LogP contribution in [0.5, 0.6) is 0 Å². The molecule has 0 aliphatic rings. The average Bonchev–Trinajstić information content (AvgIpc) is 0.811. The molecule has 0 saturated carbocycles. The summed E-state index contributed by atoms with van der Waals surface area (Å²) in [5.41, 5.74) is 9.24. The van der Waals surface area contributed by atoms with Gasteiger partial charge in [-0.05, 0) is 12.2 Å². The maximum Gasteiger partial charge on any atom is 1.00 e. The number of nitrogens with two attached hydrogens (primary N) is 2. The summed E-state index contributed by atoms with van der Waals surface area (Å²) >= 11 is 4.09. The second kappa shape index (κ2) is 9.36. The van der Waals surface area contributed by atoms with Crippen LogP contribution in [0, 0.1) is 0 Å². The Bertz CT molecular complexity index is 36.5. The van der Waals surface area contributed by atoms with E-state index in [-0.39, 0.29) is 47.1 Å². The van der Waals surface area contributed by atoms with Crippen LogP contribution in [0.15, 0.2) is 0 Å². The topological polar surface area (TPSA) is 52.0 Å². The normalized spacial score (nSPS) is 4.00. The molecule has 32 valence electrons. The van der Waals surface area contributed by atoms with E-state index < -0.39 is 0 Å². The summed E-state index contributed by atoms with van der Waals surface area (Å²) in [5, 5.41) is 0.000000000000000222. The van der Waals surface area contributed by atoms with Gasteiger partial charge in [0.1, 0.15) is 0 Å². The van der Waals surface area contributed by atoms with Crippen molar-refractivity contribution < 1.29 is 42.0 Å². The fourth-order valence-electron chi connectivity index (χ4n) is 0. The molecule has 0 rings (SSSR count). The first kappa shape index (κ1) is 15.8. The Kier molecular flexibility index (Phi) is 24.6. The molecule has 0 spiro atoms. The van der Waals surface area contributed by atoms with Gasteiger partial charge >= 0.3 is 29.6 Å². The van der Waals surface area contributed by atoms with Crippen molar-refractivity contribution in [2.24, 2.45) is 11.5 Å². The van der Waals surface area contributed by atoms with Gasteiger partial charge in [-0.25, -0.2) is 0 Å². The molecule has 5 heteroatoms. The number of rotatable bonds is 0. The Labute approximate surface area is 70.3 Å². The summed E-state index contributed by atoms with van der Waals surface area (Å²) in [6.07, 6.45) is 0. The molecule has 4 N–H and O–H groups in total. The Morgan fingerprint density at radius 1 is 1.33 bits per heavy atom. The standard InChI is InChI=1S/CH4N2S.ClH.Na/c2-1(3)4;;/h(H4,2,3,4);1H;/q;;+1/p-1. The summed E-state index contributed by atoms with van der Waals surface area (Å²) in [6, 6.07) is 0. The van der Waals surface area contributed by atoms with Gasteiger partial charge < -0.3 is 23.9 Å². The average molecular weight is 135 g/mol. The predicted octanol–water partition coefficient (Wildman–Crippen LogP) is -6.80. The Morgan fingerprint density at radius 3 is 1.33 bits per heavy atom. The molecule has 0 atom stereocenters. The van der Waals surface area contributed by atoms with E-state index in [1.54, 1.807) is 0 Å². The van der Waals surface area contributed by atoms with Crippen LogP contribution in [0.3, 0.4) is 0 Å². The second-order valence-corrected chi connectivity index (χ2v) is 0.874. The maximum atomic E-state index is 4.62. The molecule has 0 radical (unpaired) electrons. The van der Waals surface area contributed by atoms with E-state index in [1.807, 2.05) is 0 Å². The van der Waals surface area contributed by atoms with Gasteiger partial charge in [0.05, 0.1) is 0 Å². The van der Waals surface area contributed by atoms with E-state index in [4.69, 9.17) is 0 Å². The molecular weight excluding hydrogens is 131 g/mol. The van der Waals surface area contributed by atoms with Crippen LogP contribution >= 0.6 is 12.2 Å². The summed E-state index contributed by atoms with van der Waals surface area (Å²) in [6.45, 7) is 0. The van der Waals surface area contributed by atoms with Crippen molar-refractivity contribution in [2.75, 3.05) is 0 Å². The molecule has 0 heterocycles. The molecule has 0 bridgehead atoms. The molecule has 0 unspecified atom stereocenters. The monoisotopic (exact) mass is 134 g/mol. The first-order chi connectivity index (χ1) is 1.73. The van der Waals surface area contributed by atoms with Crippen LogP contribution in [-0.4, -0.2) is 5.11 Å². The zero-order chi connectivity index (χ0) is 3.58. The van der Waals surface area contributed by atoms with Crippen molar-refractivity contribution in [1.29, 1.82) is 0 Å². The van der Waals surface area contributed by atoms with Gasteiger partial charge in [-0.3, -0.25) is 0 Å². The Morgan fingerprint density at radius 2 is 1.33 bits per heavy atom. The van der Waals surface area contributed by atoms with E-state index in [9.17, 15) is 0 Å². The van der Waals surface area contributed by atoms with Crippen molar-refractivity contribution in [1.82, 2.24) is 0 Å². The largest absolute Gasteiger partial charge is 1.00 e. The van der Waals surface area contributed by atoms with Gasteiger partial charge in [-0.1, -0.05) is 0 Å². The quantitative estimate of drug-likeness (QED) is 0.256. The minimum Gasteiger partial charge on any atom is -1.00 e. The van der Waals surface area contributed by atoms with Crippen LogP contribution in [0.2, 0.25) is 0 Å². The first-order valence-electron chi connectivity index (χ1n) is 0.781. The van der Waals surface area contributed by atoms with Gasteiger partial charge in [-0.15, -0.1) is 0 Å². The molecule has 0 aromatic carbocycles. The number of halogens is 1. The third-order valence-corrected chi connectivity index (χ3v) is 0. The van der Waals surface area contributed by atoms with Crippen molar-refractivity contribution in [3.8, 4) is 0 Å². The third-order valence-electron chi connectivity index (χ3n) is 0. The van der Waals surface area contributed by atoms with E-state index in [0.29, 0.717) is 0 Å².